The van der Waals surface area contributed by atoms with Gasteiger partial charge >= 0.3 is 0 Å². The fraction of sp³-hybridized carbons (Fsp3) is 0.292. The van der Waals surface area contributed by atoms with Gasteiger partial charge in [0.15, 0.2) is 18.1 Å². The summed E-state index contributed by atoms with van der Waals surface area (Å²) in [6.45, 7) is 2.17. The molecule has 34 heavy (non-hydrogen) atoms. The van der Waals surface area contributed by atoms with Crippen molar-refractivity contribution in [2.75, 3.05) is 40.0 Å². The summed E-state index contributed by atoms with van der Waals surface area (Å²) in [6.07, 6.45) is 1.63. The Morgan fingerprint density at radius 2 is 1.94 bits per heavy atom. The van der Waals surface area contributed by atoms with Crippen molar-refractivity contribution in [3.05, 3.63) is 63.5 Å². The maximum Gasteiger partial charge on any atom is 0.293 e. The number of hydrogen-bond donors (Lipinski definition) is 0. The molecule has 3 amide bonds. The Morgan fingerprint density at radius 3 is 2.68 bits per heavy atom. The second-order valence-corrected chi connectivity index (χ2v) is 9.02. The van der Waals surface area contributed by atoms with E-state index >= 15 is 0 Å². The van der Waals surface area contributed by atoms with Crippen molar-refractivity contribution in [1.82, 2.24) is 9.80 Å². The quantitative estimate of drug-likeness (QED) is 0.532. The fourth-order valence-corrected chi connectivity index (χ4v) is 4.59. The molecule has 2 aliphatic heterocycles. The highest BCUT2D eigenvalue weighted by atomic mass is 35.5. The average molecular weight is 503 g/mol. The highest BCUT2D eigenvalue weighted by Crippen LogP contribution is 2.35. The molecule has 0 N–H and O–H groups in total. The van der Waals surface area contributed by atoms with Gasteiger partial charge < -0.3 is 19.1 Å². The number of hydrogen-bond acceptors (Lipinski definition) is 7. The Hall–Kier alpha value is -3.01. The minimum absolute atomic E-state index is 0.113. The Labute approximate surface area is 206 Å². The standard InChI is InChI=1S/C24H23ClN2O6S/c1-31-20-12-16(5-6-19(20)33-15-22(28)26-7-9-32-10-8-26)13-21-23(29)27(24(30)34-21)14-17-3-2-4-18(25)11-17/h2-6,11-13H,7-10,14-15H2,1H3/b21-13-. The van der Waals surface area contributed by atoms with Crippen LogP contribution < -0.4 is 9.47 Å². The molecule has 2 fully saturated rings. The SMILES string of the molecule is COc1cc(/C=C2\SC(=O)N(Cc3cccc(Cl)c3)C2=O)ccc1OCC(=O)N1CCOCC1. The summed E-state index contributed by atoms with van der Waals surface area (Å²) < 4.78 is 16.3. The first-order valence-corrected chi connectivity index (χ1v) is 11.8. The first-order valence-electron chi connectivity index (χ1n) is 10.6. The third-order valence-corrected chi connectivity index (χ3v) is 6.45. The van der Waals surface area contributed by atoms with Crippen molar-refractivity contribution in [3.63, 3.8) is 0 Å². The molecular weight excluding hydrogens is 480 g/mol. The number of benzene rings is 2. The zero-order valence-electron chi connectivity index (χ0n) is 18.5. The van der Waals surface area contributed by atoms with Gasteiger partial charge in [-0.25, -0.2) is 0 Å². The van der Waals surface area contributed by atoms with Gasteiger partial charge in [-0.15, -0.1) is 0 Å². The molecule has 0 radical (unpaired) electrons. The maximum atomic E-state index is 12.8. The minimum atomic E-state index is -0.370. The van der Waals surface area contributed by atoms with Crippen LogP contribution in [0.1, 0.15) is 11.1 Å². The molecule has 4 rings (SSSR count). The average Bonchev–Trinajstić information content (AvgIpc) is 3.10. The van der Waals surface area contributed by atoms with Crippen molar-refractivity contribution >= 4 is 46.5 Å². The summed E-state index contributed by atoms with van der Waals surface area (Å²) in [7, 11) is 1.49. The topological polar surface area (TPSA) is 85.4 Å². The van der Waals surface area contributed by atoms with Gasteiger partial charge in [-0.1, -0.05) is 29.8 Å². The third-order valence-electron chi connectivity index (χ3n) is 5.30. The van der Waals surface area contributed by atoms with Crippen molar-refractivity contribution in [2.24, 2.45) is 0 Å². The van der Waals surface area contributed by atoms with Gasteiger partial charge in [-0.2, -0.15) is 0 Å². The van der Waals surface area contributed by atoms with Crippen LogP contribution >= 0.6 is 23.4 Å². The van der Waals surface area contributed by atoms with Crippen molar-refractivity contribution in [2.45, 2.75) is 6.54 Å². The van der Waals surface area contributed by atoms with Crippen LogP contribution in [0.3, 0.4) is 0 Å². The zero-order valence-corrected chi connectivity index (χ0v) is 20.1. The largest absolute Gasteiger partial charge is 0.493 e. The van der Waals surface area contributed by atoms with Gasteiger partial charge in [0, 0.05) is 18.1 Å². The predicted octanol–water partition coefficient (Wildman–Crippen LogP) is 3.82. The molecule has 178 valence electrons. The molecule has 2 heterocycles. The van der Waals surface area contributed by atoms with Crippen molar-refractivity contribution in [1.29, 1.82) is 0 Å². The lowest BCUT2D eigenvalue weighted by Gasteiger charge is -2.26. The number of carbonyl (C=O) groups is 3. The summed E-state index contributed by atoms with van der Waals surface area (Å²) in [5.74, 6) is 0.338. The van der Waals surface area contributed by atoms with E-state index in [4.69, 9.17) is 25.8 Å². The lowest BCUT2D eigenvalue weighted by molar-refractivity contribution is -0.137. The van der Waals surface area contributed by atoms with Crippen LogP contribution in [0.15, 0.2) is 47.4 Å². The summed E-state index contributed by atoms with van der Waals surface area (Å²) in [5.41, 5.74) is 1.43. The van der Waals surface area contributed by atoms with E-state index in [0.29, 0.717) is 53.3 Å². The molecule has 2 saturated heterocycles. The summed E-state index contributed by atoms with van der Waals surface area (Å²) in [4.78, 5) is 40.8. The van der Waals surface area contributed by atoms with Crippen LogP contribution in [0.2, 0.25) is 5.02 Å². The Bertz CT molecular complexity index is 1130. The number of rotatable bonds is 7. The molecule has 0 spiro atoms. The van der Waals surface area contributed by atoms with Gasteiger partial charge in [-0.05, 0) is 53.2 Å². The number of halogens is 1. The van der Waals surface area contributed by atoms with Crippen LogP contribution in [0.5, 0.6) is 11.5 Å². The Morgan fingerprint density at radius 1 is 1.15 bits per heavy atom. The molecule has 0 unspecified atom stereocenters. The highest BCUT2D eigenvalue weighted by Gasteiger charge is 2.35. The molecule has 2 aliphatic rings. The van der Waals surface area contributed by atoms with Gasteiger partial charge in [0.2, 0.25) is 0 Å². The molecule has 0 aliphatic carbocycles. The summed E-state index contributed by atoms with van der Waals surface area (Å²) in [6, 6.07) is 12.2. The van der Waals surface area contributed by atoms with E-state index in [0.717, 1.165) is 17.3 Å². The molecule has 10 heteroatoms. The normalized spacial score (nSPS) is 17.4. The monoisotopic (exact) mass is 502 g/mol. The van der Waals surface area contributed by atoms with Crippen LogP contribution in [0.25, 0.3) is 6.08 Å². The fourth-order valence-electron chi connectivity index (χ4n) is 3.54. The van der Waals surface area contributed by atoms with Crippen molar-refractivity contribution in [3.8, 4) is 11.5 Å². The summed E-state index contributed by atoms with van der Waals surface area (Å²) >= 11 is 6.89. The van der Waals surface area contributed by atoms with E-state index in [1.54, 1.807) is 47.4 Å². The van der Waals surface area contributed by atoms with Crippen LogP contribution in [-0.4, -0.2) is 66.9 Å². The van der Waals surface area contributed by atoms with Crippen LogP contribution in [-0.2, 0) is 20.9 Å². The molecule has 2 aromatic rings. The highest BCUT2D eigenvalue weighted by molar-refractivity contribution is 8.18. The molecular formula is C24H23ClN2O6S. The van der Waals surface area contributed by atoms with E-state index in [1.165, 1.54) is 12.0 Å². The van der Waals surface area contributed by atoms with E-state index < -0.39 is 0 Å². The van der Waals surface area contributed by atoms with Crippen molar-refractivity contribution < 1.29 is 28.6 Å². The first kappa shape index (κ1) is 24.1. The molecule has 2 aromatic carbocycles. The Kier molecular flexibility index (Phi) is 7.77. The number of carbonyl (C=O) groups excluding carboxylic acids is 3. The summed E-state index contributed by atoms with van der Waals surface area (Å²) in [5, 5.41) is 0.200. The number of amides is 3. The molecule has 0 saturated carbocycles. The van der Waals surface area contributed by atoms with E-state index in [2.05, 4.69) is 0 Å². The zero-order chi connectivity index (χ0) is 24.1. The first-order chi connectivity index (χ1) is 16.4. The second-order valence-electron chi connectivity index (χ2n) is 7.59. The Balaban J connectivity index is 1.43. The number of methoxy groups -OCH3 is 1. The predicted molar refractivity (Wildman–Crippen MR) is 129 cm³/mol. The van der Waals surface area contributed by atoms with E-state index in [-0.39, 0.29) is 30.2 Å². The molecule has 0 bridgehead atoms. The van der Waals surface area contributed by atoms with Gasteiger partial charge in [0.1, 0.15) is 0 Å². The van der Waals surface area contributed by atoms with E-state index in [1.807, 2.05) is 6.07 Å². The number of thioether (sulfide) groups is 1. The van der Waals surface area contributed by atoms with Crippen LogP contribution in [0.4, 0.5) is 4.79 Å². The van der Waals surface area contributed by atoms with Gasteiger partial charge in [-0.3, -0.25) is 19.3 Å². The number of morpholine rings is 1. The number of nitrogens with zero attached hydrogens (tertiary/aromatic N) is 2. The van der Waals surface area contributed by atoms with E-state index in [9.17, 15) is 14.4 Å². The maximum absolute atomic E-state index is 12.8. The minimum Gasteiger partial charge on any atom is -0.493 e. The van der Waals surface area contributed by atoms with Gasteiger partial charge in [0.25, 0.3) is 17.1 Å². The van der Waals surface area contributed by atoms with Gasteiger partial charge in [0.05, 0.1) is 31.8 Å². The van der Waals surface area contributed by atoms with Crippen LogP contribution in [0, 0.1) is 0 Å². The lowest BCUT2D eigenvalue weighted by Crippen LogP contribution is -2.43. The lowest BCUT2D eigenvalue weighted by atomic mass is 10.1. The number of ether oxygens (including phenoxy) is 3. The molecule has 0 aromatic heterocycles. The smallest absolute Gasteiger partial charge is 0.293 e. The molecule has 0 atom stereocenters. The molecule has 8 nitrogen and oxygen atoms in total. The number of imide groups is 1. The second kappa shape index (κ2) is 10.9. The third kappa shape index (κ3) is 5.72.